The highest BCUT2D eigenvalue weighted by Gasteiger charge is 2.26. The van der Waals surface area contributed by atoms with E-state index in [2.05, 4.69) is 10.3 Å². The van der Waals surface area contributed by atoms with Crippen LogP contribution in [0.25, 0.3) is 22.0 Å². The van der Waals surface area contributed by atoms with Crippen LogP contribution in [-0.4, -0.2) is 80.5 Å². The monoisotopic (exact) mass is 656 g/mol. The number of hydrogen-bond donors (Lipinski definition) is 1. The van der Waals surface area contributed by atoms with Crippen LogP contribution in [-0.2, 0) is 11.3 Å². The normalized spacial score (nSPS) is 13.4. The van der Waals surface area contributed by atoms with Gasteiger partial charge in [0.1, 0.15) is 28.7 Å². The molecule has 5 rings (SSSR count). The molecule has 0 amide bonds. The lowest BCUT2D eigenvalue weighted by Gasteiger charge is -2.28. The number of anilines is 3. The van der Waals surface area contributed by atoms with Crippen LogP contribution in [0.4, 0.5) is 22.9 Å². The maximum absolute atomic E-state index is 14.2. The molecule has 0 atom stereocenters. The van der Waals surface area contributed by atoms with E-state index in [9.17, 15) is 14.9 Å². The van der Waals surface area contributed by atoms with E-state index in [4.69, 9.17) is 37.4 Å². The molecule has 238 valence electrons. The van der Waals surface area contributed by atoms with Crippen molar-refractivity contribution in [3.8, 4) is 22.6 Å². The van der Waals surface area contributed by atoms with Crippen molar-refractivity contribution in [3.63, 3.8) is 0 Å². The van der Waals surface area contributed by atoms with Crippen molar-refractivity contribution >= 4 is 57.0 Å². The number of aromatic nitrogens is 2. The van der Waals surface area contributed by atoms with Crippen molar-refractivity contribution in [2.75, 3.05) is 71.4 Å². The summed E-state index contributed by atoms with van der Waals surface area (Å²) in [7, 11) is 6.86. The van der Waals surface area contributed by atoms with E-state index in [1.165, 1.54) is 14.2 Å². The molecular formula is C31H34Cl2N6O6. The van der Waals surface area contributed by atoms with E-state index in [1.807, 2.05) is 23.9 Å². The molecule has 12 nitrogen and oxygen atoms in total. The number of aryl methyl sites for hydroxylation is 1. The number of nitro groups is 1. The van der Waals surface area contributed by atoms with Gasteiger partial charge in [-0.3, -0.25) is 14.9 Å². The quantitative estimate of drug-likeness (QED) is 0.156. The van der Waals surface area contributed by atoms with Gasteiger partial charge in [0.25, 0.3) is 5.56 Å². The van der Waals surface area contributed by atoms with E-state index in [0.717, 1.165) is 6.54 Å². The van der Waals surface area contributed by atoms with Gasteiger partial charge in [0, 0.05) is 48.9 Å². The summed E-state index contributed by atoms with van der Waals surface area (Å²) in [6.07, 6.45) is 2.28. The van der Waals surface area contributed by atoms with Crippen LogP contribution < -0.4 is 25.2 Å². The fourth-order valence-corrected chi connectivity index (χ4v) is 6.13. The van der Waals surface area contributed by atoms with Crippen molar-refractivity contribution in [3.05, 3.63) is 73.1 Å². The minimum Gasteiger partial charge on any atom is -0.495 e. The number of nitrogens with one attached hydrogen (secondary N) is 1. The summed E-state index contributed by atoms with van der Waals surface area (Å²) in [5.41, 5.74) is 1.55. The van der Waals surface area contributed by atoms with Gasteiger partial charge < -0.3 is 33.9 Å². The number of morpholine rings is 1. The summed E-state index contributed by atoms with van der Waals surface area (Å²) in [6.45, 7) is 3.21. The zero-order chi connectivity index (χ0) is 32.2. The molecule has 0 unspecified atom stereocenters. The molecule has 2 aromatic heterocycles. The molecular weight excluding hydrogens is 623 g/mol. The topological polar surface area (TPSA) is 124 Å². The molecule has 0 saturated carbocycles. The largest absolute Gasteiger partial charge is 0.495 e. The average molecular weight is 658 g/mol. The Labute approximate surface area is 270 Å². The molecule has 45 heavy (non-hydrogen) atoms. The maximum Gasteiger partial charge on any atom is 0.315 e. The molecule has 0 aliphatic carbocycles. The Hall–Kier alpha value is -4.10. The lowest BCUT2D eigenvalue weighted by Crippen LogP contribution is -2.36. The molecule has 0 radical (unpaired) electrons. The first-order valence-electron chi connectivity index (χ1n) is 14.3. The number of nitrogens with zero attached hydrogens (tertiary/aromatic N) is 5. The highest BCUT2D eigenvalue weighted by molar-refractivity contribution is 6.41. The van der Waals surface area contributed by atoms with E-state index in [-0.39, 0.29) is 32.5 Å². The van der Waals surface area contributed by atoms with Gasteiger partial charge in [-0.05, 0) is 45.3 Å². The van der Waals surface area contributed by atoms with Gasteiger partial charge in [-0.1, -0.05) is 29.3 Å². The molecule has 1 fully saturated rings. The second-order valence-corrected chi connectivity index (χ2v) is 11.5. The summed E-state index contributed by atoms with van der Waals surface area (Å²) in [6, 6.07) is 10.1. The molecule has 1 saturated heterocycles. The van der Waals surface area contributed by atoms with Crippen LogP contribution in [0.3, 0.4) is 0 Å². The summed E-state index contributed by atoms with van der Waals surface area (Å²) < 4.78 is 18.0. The Balaban J connectivity index is 1.64. The standard InChI is InChI=1S/C31H34Cl2N6O6/c1-36(2)9-6-10-38-23-16-26(35-21-7-5-8-22(30(21)39(41)42)37-11-13-45-14-12-37)34-18-19(23)15-20(31(38)40)27-28(32)24(43-3)17-25(44-4)29(27)33/h5,7-8,15-18H,6,9-14H2,1-4H3,(H,34,35). The summed E-state index contributed by atoms with van der Waals surface area (Å²) >= 11 is 13.4. The number of hydrogen-bond acceptors (Lipinski definition) is 10. The minimum atomic E-state index is -0.395. The number of fused-ring (bicyclic) bond motifs is 1. The van der Waals surface area contributed by atoms with Gasteiger partial charge in [0.15, 0.2) is 0 Å². The highest BCUT2D eigenvalue weighted by atomic mass is 35.5. The Kier molecular flexibility index (Phi) is 9.98. The first-order valence-corrected chi connectivity index (χ1v) is 15.1. The van der Waals surface area contributed by atoms with Crippen LogP contribution in [0.15, 0.2) is 47.4 Å². The Bertz CT molecular complexity index is 1760. The molecule has 14 heteroatoms. The van der Waals surface area contributed by atoms with Gasteiger partial charge in [-0.2, -0.15) is 0 Å². The zero-order valence-corrected chi connectivity index (χ0v) is 26.9. The molecule has 1 N–H and O–H groups in total. The van der Waals surface area contributed by atoms with Gasteiger partial charge in [0.05, 0.1) is 53.5 Å². The van der Waals surface area contributed by atoms with Crippen molar-refractivity contribution in [2.24, 2.45) is 0 Å². The van der Waals surface area contributed by atoms with Crippen molar-refractivity contribution in [1.82, 2.24) is 14.5 Å². The van der Waals surface area contributed by atoms with Crippen LogP contribution in [0.1, 0.15) is 6.42 Å². The van der Waals surface area contributed by atoms with Gasteiger partial charge in [-0.25, -0.2) is 4.98 Å². The lowest BCUT2D eigenvalue weighted by atomic mass is 10.0. The molecule has 3 heterocycles. The van der Waals surface area contributed by atoms with E-state index in [0.29, 0.717) is 78.7 Å². The van der Waals surface area contributed by atoms with Gasteiger partial charge >= 0.3 is 5.69 Å². The van der Waals surface area contributed by atoms with Crippen molar-refractivity contribution in [1.29, 1.82) is 0 Å². The second-order valence-electron chi connectivity index (χ2n) is 10.7. The molecule has 2 aromatic carbocycles. The fraction of sp³-hybridized carbons (Fsp3) is 0.355. The first-order chi connectivity index (χ1) is 21.6. The van der Waals surface area contributed by atoms with Crippen LogP contribution in [0.2, 0.25) is 10.0 Å². The number of rotatable bonds is 11. The molecule has 1 aliphatic rings. The first kappa shape index (κ1) is 32.3. The Morgan fingerprint density at radius 3 is 2.40 bits per heavy atom. The van der Waals surface area contributed by atoms with Crippen LogP contribution >= 0.6 is 23.2 Å². The lowest BCUT2D eigenvalue weighted by molar-refractivity contribution is -0.383. The van der Waals surface area contributed by atoms with E-state index >= 15 is 0 Å². The van der Waals surface area contributed by atoms with Gasteiger partial charge in [-0.15, -0.1) is 0 Å². The Morgan fingerprint density at radius 2 is 1.78 bits per heavy atom. The highest BCUT2D eigenvalue weighted by Crippen LogP contribution is 2.45. The van der Waals surface area contributed by atoms with Crippen molar-refractivity contribution in [2.45, 2.75) is 13.0 Å². The average Bonchev–Trinajstić information content (AvgIpc) is 3.03. The summed E-state index contributed by atoms with van der Waals surface area (Å²) in [5.74, 6) is 0.965. The molecule has 1 aliphatic heterocycles. The summed E-state index contributed by atoms with van der Waals surface area (Å²) in [5, 5.41) is 16.4. The fourth-order valence-electron chi connectivity index (χ4n) is 5.43. The SMILES string of the molecule is COc1cc(OC)c(Cl)c(-c2cc3cnc(Nc4cccc(N5CCOCC5)c4[N+](=O)[O-])cc3n(CCCN(C)C)c2=O)c1Cl. The zero-order valence-electron chi connectivity index (χ0n) is 25.4. The number of halogens is 2. The number of pyridine rings is 2. The number of para-hydroxylation sites is 1. The third-order valence-electron chi connectivity index (χ3n) is 7.62. The van der Waals surface area contributed by atoms with Crippen molar-refractivity contribution < 1.29 is 19.1 Å². The predicted octanol–water partition coefficient (Wildman–Crippen LogP) is 5.83. The number of benzene rings is 2. The minimum absolute atomic E-state index is 0.0590. The third kappa shape index (κ3) is 6.64. The molecule has 0 spiro atoms. The smallest absolute Gasteiger partial charge is 0.315 e. The van der Waals surface area contributed by atoms with Crippen LogP contribution in [0, 0.1) is 10.1 Å². The second kappa shape index (κ2) is 13.9. The third-order valence-corrected chi connectivity index (χ3v) is 8.37. The van der Waals surface area contributed by atoms with Gasteiger partial charge in [0.2, 0.25) is 0 Å². The number of ether oxygens (including phenoxy) is 3. The predicted molar refractivity (Wildman–Crippen MR) is 177 cm³/mol. The van der Waals surface area contributed by atoms with E-state index < -0.39 is 4.92 Å². The van der Waals surface area contributed by atoms with E-state index in [1.54, 1.807) is 47.2 Å². The number of methoxy groups -OCH3 is 2. The van der Waals surface area contributed by atoms with Crippen LogP contribution in [0.5, 0.6) is 11.5 Å². The summed E-state index contributed by atoms with van der Waals surface area (Å²) in [4.78, 5) is 34.6. The maximum atomic E-state index is 14.2. The Morgan fingerprint density at radius 1 is 1.09 bits per heavy atom. The molecule has 0 bridgehead atoms. The number of nitro benzene ring substituents is 1. The molecule has 4 aromatic rings.